The van der Waals surface area contributed by atoms with Gasteiger partial charge in [-0.15, -0.1) is 0 Å². The first-order valence-corrected chi connectivity index (χ1v) is 9.23. The number of hydrogen-bond donors (Lipinski definition) is 2. The Morgan fingerprint density at radius 3 is 2.45 bits per heavy atom. The molecule has 150 valence electrons. The van der Waals surface area contributed by atoms with Crippen LogP contribution in [0.5, 0.6) is 5.75 Å². The number of carbonyl (C=O) groups is 1. The van der Waals surface area contributed by atoms with E-state index in [1.807, 2.05) is 4.90 Å². The molecule has 2 heterocycles. The Balaban J connectivity index is 2.12. The van der Waals surface area contributed by atoms with Crippen LogP contribution < -0.4 is 20.4 Å². The Hall–Kier alpha value is -3.39. The van der Waals surface area contributed by atoms with Crippen LogP contribution in [0.2, 0.25) is 0 Å². The molecule has 1 fully saturated rings. The highest BCUT2D eigenvalue weighted by molar-refractivity contribution is 5.99. The Morgan fingerprint density at radius 1 is 1.14 bits per heavy atom. The monoisotopic (exact) mass is 397 g/mol. The van der Waals surface area contributed by atoms with E-state index in [4.69, 9.17) is 4.74 Å². The van der Waals surface area contributed by atoms with E-state index in [-0.39, 0.29) is 10.9 Å². The SMILES string of the molecule is COc1ccc(-n2c(N3CCNCC3)c(C(=O)O)c(=O)c3cc(F)ccc32)cc1. The molecule has 0 saturated carbocycles. The van der Waals surface area contributed by atoms with Gasteiger partial charge in [0.2, 0.25) is 5.43 Å². The molecule has 0 atom stereocenters. The maximum Gasteiger partial charge on any atom is 0.343 e. The summed E-state index contributed by atoms with van der Waals surface area (Å²) in [4.78, 5) is 27.1. The molecular formula is C21H20FN3O4. The smallest absolute Gasteiger partial charge is 0.343 e. The summed E-state index contributed by atoms with van der Waals surface area (Å²) in [5.74, 6) is -0.986. The van der Waals surface area contributed by atoms with E-state index < -0.39 is 17.2 Å². The van der Waals surface area contributed by atoms with Gasteiger partial charge in [-0.25, -0.2) is 9.18 Å². The highest BCUT2D eigenvalue weighted by atomic mass is 19.1. The summed E-state index contributed by atoms with van der Waals surface area (Å²) >= 11 is 0. The fourth-order valence-corrected chi connectivity index (χ4v) is 3.71. The number of piperazine rings is 1. The summed E-state index contributed by atoms with van der Waals surface area (Å²) in [7, 11) is 1.56. The number of methoxy groups -OCH3 is 1. The number of hydrogen-bond acceptors (Lipinski definition) is 5. The second-order valence-electron chi connectivity index (χ2n) is 6.76. The zero-order valence-electron chi connectivity index (χ0n) is 15.8. The van der Waals surface area contributed by atoms with Crippen molar-refractivity contribution in [2.24, 2.45) is 0 Å². The van der Waals surface area contributed by atoms with Crippen LogP contribution in [0.25, 0.3) is 16.6 Å². The van der Waals surface area contributed by atoms with E-state index in [0.29, 0.717) is 49.0 Å². The van der Waals surface area contributed by atoms with E-state index >= 15 is 0 Å². The predicted molar refractivity (Wildman–Crippen MR) is 108 cm³/mol. The third-order valence-electron chi connectivity index (χ3n) is 5.07. The van der Waals surface area contributed by atoms with Gasteiger partial charge in [-0.3, -0.25) is 9.36 Å². The number of nitrogens with one attached hydrogen (secondary N) is 1. The van der Waals surface area contributed by atoms with Crippen molar-refractivity contribution in [3.63, 3.8) is 0 Å². The third kappa shape index (κ3) is 3.31. The van der Waals surface area contributed by atoms with Crippen molar-refractivity contribution in [2.75, 3.05) is 38.2 Å². The lowest BCUT2D eigenvalue weighted by Crippen LogP contribution is -2.46. The summed E-state index contributed by atoms with van der Waals surface area (Å²) < 4.78 is 20.8. The normalized spacial score (nSPS) is 14.2. The van der Waals surface area contributed by atoms with E-state index in [9.17, 15) is 19.1 Å². The van der Waals surface area contributed by atoms with Crippen molar-refractivity contribution in [3.05, 3.63) is 64.1 Å². The van der Waals surface area contributed by atoms with E-state index in [2.05, 4.69) is 5.32 Å². The molecule has 0 unspecified atom stereocenters. The van der Waals surface area contributed by atoms with Gasteiger partial charge < -0.3 is 20.1 Å². The molecule has 1 aliphatic heterocycles. The van der Waals surface area contributed by atoms with Gasteiger partial charge in [0, 0.05) is 37.3 Å². The number of benzene rings is 2. The van der Waals surface area contributed by atoms with E-state index in [1.54, 1.807) is 35.9 Å². The molecule has 3 aromatic rings. The van der Waals surface area contributed by atoms with Crippen LogP contribution in [0.1, 0.15) is 10.4 Å². The van der Waals surface area contributed by atoms with Crippen LogP contribution in [0.15, 0.2) is 47.3 Å². The fraction of sp³-hybridized carbons (Fsp3) is 0.238. The minimum atomic E-state index is -1.34. The summed E-state index contributed by atoms with van der Waals surface area (Å²) in [6.45, 7) is 2.42. The van der Waals surface area contributed by atoms with Crippen LogP contribution in [0, 0.1) is 5.82 Å². The fourth-order valence-electron chi connectivity index (χ4n) is 3.71. The number of nitrogens with zero attached hydrogens (tertiary/aromatic N) is 2. The second-order valence-corrected chi connectivity index (χ2v) is 6.76. The molecule has 7 nitrogen and oxygen atoms in total. The summed E-state index contributed by atoms with van der Waals surface area (Å²) in [6, 6.07) is 10.9. The molecule has 1 aromatic heterocycles. The zero-order valence-corrected chi connectivity index (χ0v) is 15.8. The first-order valence-electron chi connectivity index (χ1n) is 9.23. The van der Waals surface area contributed by atoms with Gasteiger partial charge in [0.15, 0.2) is 0 Å². The minimum absolute atomic E-state index is 0.0251. The summed E-state index contributed by atoms with van der Waals surface area (Å²) in [5, 5.41) is 13.1. The van der Waals surface area contributed by atoms with Gasteiger partial charge in [-0.2, -0.15) is 0 Å². The summed E-state index contributed by atoms with van der Waals surface area (Å²) in [5.41, 5.74) is 0.0460. The van der Waals surface area contributed by atoms with Crippen molar-refractivity contribution in [1.29, 1.82) is 0 Å². The Labute approximate surface area is 165 Å². The number of pyridine rings is 1. The molecular weight excluding hydrogens is 377 g/mol. The van der Waals surface area contributed by atoms with Crippen LogP contribution in [0.4, 0.5) is 10.2 Å². The molecule has 4 rings (SSSR count). The quantitative estimate of drug-likeness (QED) is 0.703. The standard InChI is InChI=1S/C21H20FN3O4/c1-29-15-5-3-14(4-6-15)25-17-7-2-13(22)12-16(17)19(26)18(21(27)28)20(25)24-10-8-23-9-11-24/h2-7,12,23H,8-11H2,1H3,(H,27,28). The van der Waals surface area contributed by atoms with Gasteiger partial charge in [0.25, 0.3) is 0 Å². The maximum absolute atomic E-state index is 13.9. The number of aromatic carboxylic acids is 1. The molecule has 1 saturated heterocycles. The molecule has 0 aliphatic carbocycles. The van der Waals surface area contributed by atoms with Gasteiger partial charge in [-0.1, -0.05) is 0 Å². The minimum Gasteiger partial charge on any atom is -0.497 e. The Kier molecular flexibility index (Phi) is 4.94. The lowest BCUT2D eigenvalue weighted by atomic mass is 10.1. The van der Waals surface area contributed by atoms with Crippen LogP contribution in [-0.2, 0) is 0 Å². The third-order valence-corrected chi connectivity index (χ3v) is 5.07. The number of carboxylic acid groups (broad SMARTS) is 1. The molecule has 2 N–H and O–H groups in total. The highest BCUT2D eigenvalue weighted by Crippen LogP contribution is 2.30. The van der Waals surface area contributed by atoms with Crippen molar-refractivity contribution >= 4 is 22.7 Å². The van der Waals surface area contributed by atoms with Crippen molar-refractivity contribution < 1.29 is 19.0 Å². The molecule has 29 heavy (non-hydrogen) atoms. The number of carboxylic acids is 1. The second kappa shape index (κ2) is 7.56. The first kappa shape index (κ1) is 18.9. The van der Waals surface area contributed by atoms with Gasteiger partial charge in [0.1, 0.15) is 22.9 Å². The average Bonchev–Trinajstić information content (AvgIpc) is 2.74. The molecule has 0 bridgehead atoms. The molecule has 0 spiro atoms. The van der Waals surface area contributed by atoms with Gasteiger partial charge >= 0.3 is 5.97 Å². The number of anilines is 1. The summed E-state index contributed by atoms with van der Waals surface area (Å²) in [6.07, 6.45) is 0. The predicted octanol–water partition coefficient (Wildman–Crippen LogP) is 2.25. The topological polar surface area (TPSA) is 83.8 Å². The molecule has 2 aromatic carbocycles. The lowest BCUT2D eigenvalue weighted by Gasteiger charge is -2.33. The Bertz CT molecular complexity index is 1140. The number of aromatic nitrogens is 1. The Morgan fingerprint density at radius 2 is 1.83 bits per heavy atom. The largest absolute Gasteiger partial charge is 0.497 e. The van der Waals surface area contributed by atoms with Gasteiger partial charge in [0.05, 0.1) is 12.6 Å². The number of fused-ring (bicyclic) bond motifs is 1. The number of halogens is 1. The van der Waals surface area contributed by atoms with Crippen molar-refractivity contribution in [1.82, 2.24) is 9.88 Å². The molecule has 0 amide bonds. The average molecular weight is 397 g/mol. The molecule has 0 radical (unpaired) electrons. The molecule has 8 heteroatoms. The highest BCUT2D eigenvalue weighted by Gasteiger charge is 2.28. The van der Waals surface area contributed by atoms with Crippen molar-refractivity contribution in [2.45, 2.75) is 0 Å². The number of ether oxygens (including phenoxy) is 1. The maximum atomic E-state index is 13.9. The van der Waals surface area contributed by atoms with E-state index in [1.165, 1.54) is 12.1 Å². The first-order chi connectivity index (χ1) is 14.0. The lowest BCUT2D eigenvalue weighted by molar-refractivity contribution is 0.0695. The van der Waals surface area contributed by atoms with Crippen molar-refractivity contribution in [3.8, 4) is 11.4 Å². The van der Waals surface area contributed by atoms with E-state index in [0.717, 1.165) is 6.07 Å². The van der Waals surface area contributed by atoms with Gasteiger partial charge in [-0.05, 0) is 42.5 Å². The zero-order chi connectivity index (χ0) is 20.5. The molecule has 1 aliphatic rings. The van der Waals surface area contributed by atoms with Crippen LogP contribution in [-0.4, -0.2) is 48.9 Å². The van der Waals surface area contributed by atoms with Crippen LogP contribution >= 0.6 is 0 Å². The number of rotatable bonds is 4. The van der Waals surface area contributed by atoms with Crippen LogP contribution in [0.3, 0.4) is 0 Å².